The number of carbonyl (C=O) groups is 1. The van der Waals surface area contributed by atoms with Gasteiger partial charge in [0.2, 0.25) is 5.91 Å². The third-order valence-corrected chi connectivity index (χ3v) is 7.25. The van der Waals surface area contributed by atoms with E-state index in [1.807, 2.05) is 60.4 Å². The van der Waals surface area contributed by atoms with E-state index in [4.69, 9.17) is 4.98 Å². The summed E-state index contributed by atoms with van der Waals surface area (Å²) in [4.78, 5) is 34.2. The van der Waals surface area contributed by atoms with Crippen molar-refractivity contribution in [2.24, 2.45) is 5.92 Å². The maximum Gasteiger partial charge on any atom is 0.266 e. The first kappa shape index (κ1) is 23.7. The zero-order valence-electron chi connectivity index (χ0n) is 19.5. The molecule has 1 atom stereocenters. The largest absolute Gasteiger partial charge is 0.333 e. The Bertz CT molecular complexity index is 1170. The Hall–Kier alpha value is -2.47. The van der Waals surface area contributed by atoms with E-state index in [1.54, 1.807) is 4.57 Å². The number of para-hydroxylation sites is 1. The van der Waals surface area contributed by atoms with Gasteiger partial charge in [-0.05, 0) is 62.6 Å². The molecular formula is C27H32BrN3O2. The number of halogens is 1. The first-order chi connectivity index (χ1) is 16.0. The molecule has 0 spiro atoms. The Morgan fingerprint density at radius 2 is 1.82 bits per heavy atom. The molecule has 33 heavy (non-hydrogen) atoms. The standard InChI is InChI=1S/C27H32BrN3O2/c1-3-4-18-30(26(32)20-10-6-5-7-11-20)19(2)25-29-24-13-9-8-12-23(24)27(33)31(25)22-16-14-21(28)15-17-22/h8-9,12-17,19-20H,3-7,10-11,18H2,1-2H3. The van der Waals surface area contributed by atoms with Gasteiger partial charge >= 0.3 is 0 Å². The Labute approximate surface area is 204 Å². The summed E-state index contributed by atoms with van der Waals surface area (Å²) in [7, 11) is 0. The first-order valence-corrected chi connectivity index (χ1v) is 12.9. The van der Waals surface area contributed by atoms with Gasteiger partial charge in [-0.2, -0.15) is 0 Å². The molecule has 0 saturated heterocycles. The number of hydrogen-bond acceptors (Lipinski definition) is 3. The van der Waals surface area contributed by atoms with Gasteiger partial charge in [-0.1, -0.05) is 60.7 Å². The summed E-state index contributed by atoms with van der Waals surface area (Å²) in [5.74, 6) is 0.896. The zero-order valence-corrected chi connectivity index (χ0v) is 21.1. The van der Waals surface area contributed by atoms with Gasteiger partial charge in [0.05, 0.1) is 22.6 Å². The molecule has 0 radical (unpaired) electrons. The van der Waals surface area contributed by atoms with Crippen LogP contribution in [0.15, 0.2) is 57.8 Å². The zero-order chi connectivity index (χ0) is 23.4. The van der Waals surface area contributed by atoms with E-state index < -0.39 is 0 Å². The van der Waals surface area contributed by atoms with Crippen molar-refractivity contribution in [1.82, 2.24) is 14.5 Å². The van der Waals surface area contributed by atoms with Gasteiger partial charge in [0, 0.05) is 16.9 Å². The molecule has 1 fully saturated rings. The lowest BCUT2D eigenvalue weighted by atomic mass is 9.88. The molecule has 2 aromatic carbocycles. The van der Waals surface area contributed by atoms with E-state index in [-0.39, 0.29) is 23.4 Å². The van der Waals surface area contributed by atoms with Gasteiger partial charge in [-0.25, -0.2) is 4.98 Å². The fraction of sp³-hybridized carbons (Fsp3) is 0.444. The molecule has 3 aromatic rings. The lowest BCUT2D eigenvalue weighted by molar-refractivity contribution is -0.139. The third-order valence-electron chi connectivity index (χ3n) is 6.72. The molecule has 1 saturated carbocycles. The van der Waals surface area contributed by atoms with Gasteiger partial charge in [-0.15, -0.1) is 0 Å². The second kappa shape index (κ2) is 10.6. The molecule has 1 heterocycles. The number of amides is 1. The predicted octanol–water partition coefficient (Wildman–Crippen LogP) is 6.42. The van der Waals surface area contributed by atoms with Gasteiger partial charge in [0.25, 0.3) is 5.56 Å². The SMILES string of the molecule is CCCCN(C(=O)C1CCCCC1)C(C)c1nc2ccccc2c(=O)n1-c1ccc(Br)cc1. The summed E-state index contributed by atoms with van der Waals surface area (Å²) >= 11 is 3.48. The number of nitrogens with zero attached hydrogens (tertiary/aromatic N) is 3. The molecule has 5 nitrogen and oxygen atoms in total. The van der Waals surface area contributed by atoms with Crippen LogP contribution in [0.25, 0.3) is 16.6 Å². The lowest BCUT2D eigenvalue weighted by Crippen LogP contribution is -2.41. The summed E-state index contributed by atoms with van der Waals surface area (Å²) in [6.07, 6.45) is 7.29. The lowest BCUT2D eigenvalue weighted by Gasteiger charge is -2.34. The molecule has 6 heteroatoms. The maximum absolute atomic E-state index is 13.7. The summed E-state index contributed by atoms with van der Waals surface area (Å²) in [5.41, 5.74) is 1.31. The van der Waals surface area contributed by atoms with Crippen molar-refractivity contribution < 1.29 is 4.79 Å². The van der Waals surface area contributed by atoms with Crippen LogP contribution in [0.4, 0.5) is 0 Å². The van der Waals surface area contributed by atoms with Gasteiger partial charge in [0.1, 0.15) is 5.82 Å². The van der Waals surface area contributed by atoms with Crippen molar-refractivity contribution in [2.45, 2.75) is 64.8 Å². The average molecular weight is 510 g/mol. The molecule has 1 aliphatic carbocycles. The normalized spacial score (nSPS) is 15.5. The molecule has 1 unspecified atom stereocenters. The van der Waals surface area contributed by atoms with E-state index in [0.717, 1.165) is 48.7 Å². The van der Waals surface area contributed by atoms with Crippen LogP contribution in [0, 0.1) is 5.92 Å². The molecule has 0 N–H and O–H groups in total. The fourth-order valence-electron chi connectivity index (χ4n) is 4.82. The number of hydrogen-bond donors (Lipinski definition) is 0. The van der Waals surface area contributed by atoms with Gasteiger partial charge in [0.15, 0.2) is 0 Å². The Morgan fingerprint density at radius 3 is 2.52 bits per heavy atom. The highest BCUT2D eigenvalue weighted by Gasteiger charge is 2.31. The van der Waals surface area contributed by atoms with Crippen molar-refractivity contribution in [2.75, 3.05) is 6.54 Å². The van der Waals surface area contributed by atoms with Crippen LogP contribution in [0.3, 0.4) is 0 Å². The van der Waals surface area contributed by atoms with Crippen LogP contribution in [0.5, 0.6) is 0 Å². The van der Waals surface area contributed by atoms with E-state index in [9.17, 15) is 9.59 Å². The third kappa shape index (κ3) is 5.06. The predicted molar refractivity (Wildman–Crippen MR) is 137 cm³/mol. The Kier molecular flexibility index (Phi) is 7.63. The highest BCUT2D eigenvalue weighted by Crippen LogP contribution is 2.30. The second-order valence-corrected chi connectivity index (χ2v) is 9.92. The number of rotatable bonds is 7. The van der Waals surface area contributed by atoms with E-state index in [0.29, 0.717) is 23.3 Å². The number of carbonyl (C=O) groups excluding carboxylic acids is 1. The molecular weight excluding hydrogens is 478 g/mol. The smallest absolute Gasteiger partial charge is 0.266 e. The minimum Gasteiger partial charge on any atom is -0.333 e. The molecule has 0 aliphatic heterocycles. The topological polar surface area (TPSA) is 55.2 Å². The Balaban J connectivity index is 1.84. The van der Waals surface area contributed by atoms with Crippen molar-refractivity contribution in [3.8, 4) is 5.69 Å². The molecule has 1 aliphatic rings. The van der Waals surface area contributed by atoms with Crippen molar-refractivity contribution in [3.63, 3.8) is 0 Å². The summed E-state index contributed by atoms with van der Waals surface area (Å²) < 4.78 is 2.63. The summed E-state index contributed by atoms with van der Waals surface area (Å²) in [6, 6.07) is 14.8. The molecule has 0 bridgehead atoms. The number of aromatic nitrogens is 2. The number of benzene rings is 2. The van der Waals surface area contributed by atoms with Crippen LogP contribution >= 0.6 is 15.9 Å². The van der Waals surface area contributed by atoms with Crippen LogP contribution in [-0.4, -0.2) is 26.9 Å². The first-order valence-electron chi connectivity index (χ1n) is 12.1. The van der Waals surface area contributed by atoms with Crippen molar-refractivity contribution in [3.05, 3.63) is 69.2 Å². The summed E-state index contributed by atoms with van der Waals surface area (Å²) in [6.45, 7) is 4.83. The van der Waals surface area contributed by atoms with Crippen molar-refractivity contribution in [1.29, 1.82) is 0 Å². The highest BCUT2D eigenvalue weighted by atomic mass is 79.9. The van der Waals surface area contributed by atoms with Crippen LogP contribution < -0.4 is 5.56 Å². The number of unbranched alkanes of at least 4 members (excludes halogenated alkanes) is 1. The maximum atomic E-state index is 13.7. The molecule has 1 aromatic heterocycles. The highest BCUT2D eigenvalue weighted by molar-refractivity contribution is 9.10. The Morgan fingerprint density at radius 1 is 1.12 bits per heavy atom. The summed E-state index contributed by atoms with van der Waals surface area (Å²) in [5, 5.41) is 0.579. The minimum absolute atomic E-state index is 0.0753. The van der Waals surface area contributed by atoms with Crippen molar-refractivity contribution >= 4 is 32.7 Å². The van der Waals surface area contributed by atoms with E-state index in [2.05, 4.69) is 22.9 Å². The minimum atomic E-state index is -0.313. The fourth-order valence-corrected chi connectivity index (χ4v) is 5.08. The molecule has 1 amide bonds. The van der Waals surface area contributed by atoms with Crippen LogP contribution in [-0.2, 0) is 4.79 Å². The van der Waals surface area contributed by atoms with E-state index in [1.165, 1.54) is 6.42 Å². The van der Waals surface area contributed by atoms with Crippen LogP contribution in [0.1, 0.15) is 70.7 Å². The molecule has 4 rings (SSSR count). The van der Waals surface area contributed by atoms with E-state index >= 15 is 0 Å². The number of fused-ring (bicyclic) bond motifs is 1. The monoisotopic (exact) mass is 509 g/mol. The molecule has 174 valence electrons. The average Bonchev–Trinajstić information content (AvgIpc) is 2.85. The second-order valence-electron chi connectivity index (χ2n) is 9.00. The van der Waals surface area contributed by atoms with Gasteiger partial charge in [-0.3, -0.25) is 14.2 Å². The van der Waals surface area contributed by atoms with Gasteiger partial charge < -0.3 is 4.90 Å². The van der Waals surface area contributed by atoms with Crippen LogP contribution in [0.2, 0.25) is 0 Å². The quantitative estimate of drug-likeness (QED) is 0.369.